The van der Waals surface area contributed by atoms with Gasteiger partial charge in [0.2, 0.25) is 0 Å². The SMILES string of the molecule is COC(=O)c1cc(NCC2CCCCC2)c(F)cc1N. The lowest BCUT2D eigenvalue weighted by Crippen LogP contribution is -2.18. The molecule has 0 aromatic heterocycles. The topological polar surface area (TPSA) is 64.3 Å². The number of ether oxygens (including phenoxy) is 1. The molecule has 1 fully saturated rings. The third-order valence-corrected chi connectivity index (χ3v) is 3.85. The molecular weight excluding hydrogens is 259 g/mol. The quantitative estimate of drug-likeness (QED) is 0.656. The molecule has 3 N–H and O–H groups in total. The van der Waals surface area contributed by atoms with E-state index in [4.69, 9.17) is 5.73 Å². The summed E-state index contributed by atoms with van der Waals surface area (Å²) in [6.45, 7) is 0.724. The van der Waals surface area contributed by atoms with E-state index < -0.39 is 11.8 Å². The predicted octanol–water partition coefficient (Wildman–Crippen LogP) is 3.19. The number of nitrogen functional groups attached to an aromatic ring is 1. The van der Waals surface area contributed by atoms with E-state index in [0.29, 0.717) is 11.6 Å². The average Bonchev–Trinajstić information content (AvgIpc) is 2.46. The molecular formula is C15H21FN2O2. The largest absolute Gasteiger partial charge is 0.465 e. The van der Waals surface area contributed by atoms with Crippen molar-refractivity contribution in [2.45, 2.75) is 32.1 Å². The molecule has 0 amide bonds. The van der Waals surface area contributed by atoms with Gasteiger partial charge in [0.25, 0.3) is 0 Å². The first-order chi connectivity index (χ1) is 9.61. The maximum absolute atomic E-state index is 13.9. The number of esters is 1. The van der Waals surface area contributed by atoms with Crippen molar-refractivity contribution in [2.75, 3.05) is 24.7 Å². The van der Waals surface area contributed by atoms with Crippen LogP contribution in [0.5, 0.6) is 0 Å². The van der Waals surface area contributed by atoms with E-state index in [9.17, 15) is 9.18 Å². The van der Waals surface area contributed by atoms with Crippen LogP contribution in [-0.2, 0) is 4.74 Å². The van der Waals surface area contributed by atoms with Crippen molar-refractivity contribution in [2.24, 2.45) is 5.92 Å². The van der Waals surface area contributed by atoms with Crippen LogP contribution in [0.1, 0.15) is 42.5 Å². The number of hydrogen-bond acceptors (Lipinski definition) is 4. The Balaban J connectivity index is 2.08. The van der Waals surface area contributed by atoms with E-state index in [1.54, 1.807) is 0 Å². The van der Waals surface area contributed by atoms with E-state index in [0.717, 1.165) is 12.6 Å². The lowest BCUT2D eigenvalue weighted by atomic mass is 9.89. The monoisotopic (exact) mass is 280 g/mol. The molecule has 1 aromatic rings. The fourth-order valence-electron chi connectivity index (χ4n) is 2.66. The molecule has 1 aliphatic carbocycles. The number of halogens is 1. The van der Waals surface area contributed by atoms with Crippen LogP contribution in [0.2, 0.25) is 0 Å². The van der Waals surface area contributed by atoms with Crippen LogP contribution in [0, 0.1) is 11.7 Å². The second kappa shape index (κ2) is 6.59. The van der Waals surface area contributed by atoms with Gasteiger partial charge in [-0.3, -0.25) is 0 Å². The molecule has 0 heterocycles. The standard InChI is InChI=1S/C15H21FN2O2/c1-20-15(19)11-7-14(12(16)8-13(11)17)18-9-10-5-3-2-4-6-10/h7-8,10,18H,2-6,9,17H2,1H3. The normalized spacial score (nSPS) is 15.9. The number of carbonyl (C=O) groups excluding carboxylic acids is 1. The Bertz CT molecular complexity index is 485. The van der Waals surface area contributed by atoms with E-state index in [-0.39, 0.29) is 11.3 Å². The zero-order chi connectivity index (χ0) is 14.5. The van der Waals surface area contributed by atoms with Crippen LogP contribution in [-0.4, -0.2) is 19.6 Å². The van der Waals surface area contributed by atoms with Crippen molar-refractivity contribution in [1.82, 2.24) is 0 Å². The molecule has 110 valence electrons. The van der Waals surface area contributed by atoms with Crippen molar-refractivity contribution < 1.29 is 13.9 Å². The van der Waals surface area contributed by atoms with Crippen molar-refractivity contribution in [3.05, 3.63) is 23.5 Å². The third kappa shape index (κ3) is 3.40. The number of nitrogens with one attached hydrogen (secondary N) is 1. The van der Waals surface area contributed by atoms with Crippen LogP contribution < -0.4 is 11.1 Å². The first-order valence-corrected chi connectivity index (χ1v) is 7.03. The molecule has 0 spiro atoms. The summed E-state index contributed by atoms with van der Waals surface area (Å²) in [5, 5.41) is 3.09. The predicted molar refractivity (Wildman–Crippen MR) is 77.2 cm³/mol. The molecule has 5 heteroatoms. The number of anilines is 2. The van der Waals surface area contributed by atoms with E-state index in [1.807, 2.05) is 0 Å². The summed E-state index contributed by atoms with van der Waals surface area (Å²) in [5.41, 5.74) is 6.24. The Morgan fingerprint density at radius 1 is 1.40 bits per heavy atom. The number of rotatable bonds is 4. The van der Waals surface area contributed by atoms with Gasteiger partial charge in [-0.25, -0.2) is 9.18 Å². The van der Waals surface area contributed by atoms with Crippen LogP contribution in [0.3, 0.4) is 0 Å². The Morgan fingerprint density at radius 2 is 2.10 bits per heavy atom. The molecule has 1 aromatic carbocycles. The van der Waals surface area contributed by atoms with Gasteiger partial charge in [-0.1, -0.05) is 19.3 Å². The van der Waals surface area contributed by atoms with Crippen LogP contribution in [0.25, 0.3) is 0 Å². The number of methoxy groups -OCH3 is 1. The molecule has 2 rings (SSSR count). The molecule has 1 saturated carbocycles. The van der Waals surface area contributed by atoms with E-state index >= 15 is 0 Å². The lowest BCUT2D eigenvalue weighted by Gasteiger charge is -2.22. The van der Waals surface area contributed by atoms with E-state index in [2.05, 4.69) is 10.1 Å². The fraction of sp³-hybridized carbons (Fsp3) is 0.533. The molecule has 0 radical (unpaired) electrons. The van der Waals surface area contributed by atoms with Gasteiger partial charge in [0.05, 0.1) is 18.4 Å². The smallest absolute Gasteiger partial charge is 0.340 e. The highest BCUT2D eigenvalue weighted by molar-refractivity contribution is 5.96. The van der Waals surface area contributed by atoms with Gasteiger partial charge >= 0.3 is 5.97 Å². The highest BCUT2D eigenvalue weighted by Gasteiger charge is 2.17. The Hall–Kier alpha value is -1.78. The average molecular weight is 280 g/mol. The number of benzene rings is 1. The van der Waals surface area contributed by atoms with Gasteiger partial charge in [-0.15, -0.1) is 0 Å². The zero-order valence-corrected chi connectivity index (χ0v) is 11.7. The molecule has 0 bridgehead atoms. The lowest BCUT2D eigenvalue weighted by molar-refractivity contribution is 0.0602. The summed E-state index contributed by atoms with van der Waals surface area (Å²) < 4.78 is 18.5. The van der Waals surface area contributed by atoms with Gasteiger partial charge in [0, 0.05) is 12.2 Å². The zero-order valence-electron chi connectivity index (χ0n) is 11.7. The Morgan fingerprint density at radius 3 is 2.75 bits per heavy atom. The fourth-order valence-corrected chi connectivity index (χ4v) is 2.66. The summed E-state index contributed by atoms with van der Waals surface area (Å²) in [5.74, 6) is -0.420. The van der Waals surface area contributed by atoms with Crippen LogP contribution in [0.4, 0.5) is 15.8 Å². The summed E-state index contributed by atoms with van der Waals surface area (Å²) in [6, 6.07) is 2.59. The third-order valence-electron chi connectivity index (χ3n) is 3.85. The van der Waals surface area contributed by atoms with Crippen molar-refractivity contribution in [3.63, 3.8) is 0 Å². The van der Waals surface area contributed by atoms with Crippen molar-refractivity contribution in [3.8, 4) is 0 Å². The Kier molecular flexibility index (Phi) is 4.82. The van der Waals surface area contributed by atoms with Gasteiger partial charge in [0.15, 0.2) is 0 Å². The highest BCUT2D eigenvalue weighted by atomic mass is 19.1. The second-order valence-electron chi connectivity index (χ2n) is 5.30. The minimum Gasteiger partial charge on any atom is -0.465 e. The van der Waals surface area contributed by atoms with Crippen LogP contribution in [0.15, 0.2) is 12.1 Å². The maximum atomic E-state index is 13.9. The van der Waals surface area contributed by atoms with Gasteiger partial charge in [0.1, 0.15) is 5.82 Å². The van der Waals surface area contributed by atoms with Crippen molar-refractivity contribution in [1.29, 1.82) is 0 Å². The number of hydrogen-bond donors (Lipinski definition) is 2. The Labute approximate surface area is 118 Å². The number of nitrogens with two attached hydrogens (primary N) is 1. The molecule has 20 heavy (non-hydrogen) atoms. The first-order valence-electron chi connectivity index (χ1n) is 7.03. The van der Waals surface area contributed by atoms with E-state index in [1.165, 1.54) is 45.3 Å². The molecule has 0 saturated heterocycles. The molecule has 0 aliphatic heterocycles. The summed E-state index contributed by atoms with van der Waals surface area (Å²) >= 11 is 0. The highest BCUT2D eigenvalue weighted by Crippen LogP contribution is 2.26. The molecule has 0 atom stereocenters. The van der Waals surface area contributed by atoms with Gasteiger partial charge in [-0.2, -0.15) is 0 Å². The molecule has 1 aliphatic rings. The van der Waals surface area contributed by atoms with Gasteiger partial charge in [-0.05, 0) is 30.9 Å². The van der Waals surface area contributed by atoms with Crippen LogP contribution >= 0.6 is 0 Å². The van der Waals surface area contributed by atoms with Gasteiger partial charge < -0.3 is 15.8 Å². The maximum Gasteiger partial charge on any atom is 0.340 e. The minimum atomic E-state index is -0.553. The summed E-state index contributed by atoms with van der Waals surface area (Å²) in [6.07, 6.45) is 6.12. The molecule has 0 unspecified atom stereocenters. The second-order valence-corrected chi connectivity index (χ2v) is 5.30. The number of carbonyl (C=O) groups is 1. The first kappa shape index (κ1) is 14.6. The molecule has 4 nitrogen and oxygen atoms in total. The summed E-state index contributed by atoms with van der Waals surface area (Å²) in [4.78, 5) is 11.6. The van der Waals surface area contributed by atoms with Crippen molar-refractivity contribution >= 4 is 17.3 Å². The minimum absolute atomic E-state index is 0.0950. The summed E-state index contributed by atoms with van der Waals surface area (Å²) in [7, 11) is 1.28.